The van der Waals surface area contributed by atoms with Crippen molar-refractivity contribution in [1.29, 1.82) is 0 Å². The lowest BCUT2D eigenvalue weighted by atomic mass is 10.00. The predicted octanol–water partition coefficient (Wildman–Crippen LogP) is 2.64. The average molecular weight is 308 g/mol. The second kappa shape index (κ2) is 6.12. The summed E-state index contributed by atoms with van der Waals surface area (Å²) >= 11 is 0. The van der Waals surface area contributed by atoms with E-state index in [9.17, 15) is 4.79 Å². The van der Waals surface area contributed by atoms with Crippen LogP contribution in [0.5, 0.6) is 0 Å². The van der Waals surface area contributed by atoms with E-state index in [4.69, 9.17) is 5.73 Å². The van der Waals surface area contributed by atoms with Gasteiger partial charge in [-0.15, -0.1) is 0 Å². The summed E-state index contributed by atoms with van der Waals surface area (Å²) in [5, 5.41) is 3.90. The molecule has 1 aromatic carbocycles. The second-order valence-corrected chi connectivity index (χ2v) is 5.72. The van der Waals surface area contributed by atoms with Crippen molar-refractivity contribution in [2.45, 2.75) is 19.8 Å². The molecular weight excluding hydrogens is 288 g/mol. The normalized spacial score (nSPS) is 10.9. The van der Waals surface area contributed by atoms with E-state index in [1.807, 2.05) is 30.3 Å². The number of nitrogens with one attached hydrogen (secondary N) is 2. The van der Waals surface area contributed by atoms with Crippen molar-refractivity contribution in [3.63, 3.8) is 0 Å². The third-order valence-electron chi connectivity index (χ3n) is 4.10. The van der Waals surface area contributed by atoms with Crippen LogP contribution in [0.1, 0.15) is 16.7 Å². The summed E-state index contributed by atoms with van der Waals surface area (Å²) in [5.41, 5.74) is 10.5. The molecule has 2 heterocycles. The maximum absolute atomic E-state index is 12.3. The van der Waals surface area contributed by atoms with Gasteiger partial charge in [-0.3, -0.25) is 4.79 Å². The highest BCUT2D eigenvalue weighted by Gasteiger charge is 2.06. The lowest BCUT2D eigenvalue weighted by molar-refractivity contribution is 0.931. The maximum atomic E-state index is 12.3. The van der Waals surface area contributed by atoms with E-state index in [-0.39, 0.29) is 5.56 Å². The van der Waals surface area contributed by atoms with Crippen molar-refractivity contribution in [2.24, 2.45) is 0 Å². The molecule has 5 heteroatoms. The monoisotopic (exact) mass is 308 g/mol. The van der Waals surface area contributed by atoms with Gasteiger partial charge in [-0.25, -0.2) is 4.98 Å². The molecule has 0 unspecified atom stereocenters. The molecule has 0 spiro atoms. The van der Waals surface area contributed by atoms with Gasteiger partial charge in [-0.05, 0) is 49.1 Å². The highest BCUT2D eigenvalue weighted by atomic mass is 16.1. The van der Waals surface area contributed by atoms with E-state index in [0.717, 1.165) is 34.4 Å². The molecule has 4 N–H and O–H groups in total. The van der Waals surface area contributed by atoms with Gasteiger partial charge in [0.05, 0.1) is 5.52 Å². The molecule has 3 rings (SSSR count). The molecule has 118 valence electrons. The summed E-state index contributed by atoms with van der Waals surface area (Å²) < 4.78 is 0. The van der Waals surface area contributed by atoms with Gasteiger partial charge >= 0.3 is 0 Å². The van der Waals surface area contributed by atoms with Gasteiger partial charge in [0.2, 0.25) is 0 Å². The Kier molecular flexibility index (Phi) is 4.02. The van der Waals surface area contributed by atoms with Crippen LogP contribution in [0.3, 0.4) is 0 Å². The van der Waals surface area contributed by atoms with E-state index >= 15 is 0 Å². The van der Waals surface area contributed by atoms with Crippen molar-refractivity contribution in [3.8, 4) is 0 Å². The Morgan fingerprint density at radius 2 is 1.96 bits per heavy atom. The number of benzene rings is 1. The lowest BCUT2D eigenvalue weighted by Gasteiger charge is -2.08. The second-order valence-electron chi connectivity index (χ2n) is 5.72. The first-order valence-corrected chi connectivity index (χ1v) is 7.61. The smallest absolute Gasteiger partial charge is 0.251 e. The summed E-state index contributed by atoms with van der Waals surface area (Å²) in [6, 6.07) is 9.64. The number of aryl methyl sites for hydroxylation is 3. The highest BCUT2D eigenvalue weighted by molar-refractivity contribution is 5.80. The zero-order chi connectivity index (χ0) is 16.4. The van der Waals surface area contributed by atoms with Crippen LogP contribution in [0, 0.1) is 6.92 Å². The number of nitrogens with zero attached hydrogens (tertiary/aromatic N) is 1. The standard InChI is InChI=1S/C18H20N4O/c1-11-3-6-15(19)8-12(11)4-5-13-7-14-10-21-17(20-2)9-16(14)22-18(13)23/h3,6-10H,4-5,19H2,1-2H3,(H,20,21)(H,22,23). The van der Waals surface area contributed by atoms with Gasteiger partial charge in [0.25, 0.3) is 5.56 Å². The quantitative estimate of drug-likeness (QED) is 0.647. The van der Waals surface area contributed by atoms with E-state index in [0.29, 0.717) is 6.42 Å². The highest BCUT2D eigenvalue weighted by Crippen LogP contribution is 2.17. The van der Waals surface area contributed by atoms with Crippen LogP contribution in [0.4, 0.5) is 11.5 Å². The van der Waals surface area contributed by atoms with Crippen molar-refractivity contribution < 1.29 is 0 Å². The fourth-order valence-electron chi connectivity index (χ4n) is 2.70. The predicted molar refractivity (Wildman–Crippen MR) is 94.9 cm³/mol. The number of hydrogen-bond donors (Lipinski definition) is 3. The van der Waals surface area contributed by atoms with Gasteiger partial charge < -0.3 is 16.0 Å². The number of pyridine rings is 2. The Morgan fingerprint density at radius 1 is 1.17 bits per heavy atom. The van der Waals surface area contributed by atoms with Crippen molar-refractivity contribution in [3.05, 3.63) is 63.6 Å². The first-order valence-electron chi connectivity index (χ1n) is 7.61. The van der Waals surface area contributed by atoms with E-state index in [1.54, 1.807) is 13.2 Å². The van der Waals surface area contributed by atoms with Crippen LogP contribution in [0.15, 0.2) is 41.3 Å². The number of H-pyrrole nitrogens is 1. The molecule has 0 atom stereocenters. The van der Waals surface area contributed by atoms with Crippen LogP contribution in [-0.4, -0.2) is 17.0 Å². The van der Waals surface area contributed by atoms with Gasteiger partial charge in [-0.1, -0.05) is 6.07 Å². The molecule has 0 saturated carbocycles. The SMILES string of the molecule is CNc1cc2[nH]c(=O)c(CCc3cc(N)ccc3C)cc2cn1. The molecule has 0 aliphatic heterocycles. The minimum Gasteiger partial charge on any atom is -0.399 e. The van der Waals surface area contributed by atoms with Crippen LogP contribution >= 0.6 is 0 Å². The Morgan fingerprint density at radius 3 is 2.74 bits per heavy atom. The molecule has 0 aliphatic rings. The average Bonchev–Trinajstić information content (AvgIpc) is 2.55. The molecule has 0 amide bonds. The van der Waals surface area contributed by atoms with E-state index in [1.165, 1.54) is 11.1 Å². The van der Waals surface area contributed by atoms with Crippen molar-refractivity contribution in [2.75, 3.05) is 18.1 Å². The Bertz CT molecular complexity index is 915. The Balaban J connectivity index is 1.89. The number of nitrogen functional groups attached to an aromatic ring is 1. The number of rotatable bonds is 4. The van der Waals surface area contributed by atoms with Crippen LogP contribution in [-0.2, 0) is 12.8 Å². The molecule has 2 aromatic heterocycles. The minimum atomic E-state index is -0.0488. The number of nitrogens with two attached hydrogens (primary N) is 1. The number of aromatic nitrogens is 2. The largest absolute Gasteiger partial charge is 0.399 e. The maximum Gasteiger partial charge on any atom is 0.251 e. The van der Waals surface area contributed by atoms with Crippen molar-refractivity contribution in [1.82, 2.24) is 9.97 Å². The molecule has 0 bridgehead atoms. The fourth-order valence-corrected chi connectivity index (χ4v) is 2.70. The zero-order valence-electron chi connectivity index (χ0n) is 13.3. The molecule has 0 aliphatic carbocycles. The first kappa shape index (κ1) is 15.1. The van der Waals surface area contributed by atoms with Gasteiger partial charge in [0.15, 0.2) is 0 Å². The van der Waals surface area contributed by atoms with Gasteiger partial charge in [0, 0.05) is 35.9 Å². The molecule has 0 radical (unpaired) electrons. The summed E-state index contributed by atoms with van der Waals surface area (Å²) in [6.07, 6.45) is 3.23. The molecule has 0 saturated heterocycles. The summed E-state index contributed by atoms with van der Waals surface area (Å²) in [4.78, 5) is 19.5. The van der Waals surface area contributed by atoms with Gasteiger partial charge in [0.1, 0.15) is 5.82 Å². The number of hydrogen-bond acceptors (Lipinski definition) is 4. The zero-order valence-corrected chi connectivity index (χ0v) is 13.3. The molecule has 5 nitrogen and oxygen atoms in total. The summed E-state index contributed by atoms with van der Waals surface area (Å²) in [5.74, 6) is 0.733. The van der Waals surface area contributed by atoms with E-state index in [2.05, 4.69) is 22.2 Å². The topological polar surface area (TPSA) is 83.8 Å². The number of aromatic amines is 1. The molecule has 0 fully saturated rings. The Labute approximate surface area is 134 Å². The Hall–Kier alpha value is -2.82. The fraction of sp³-hybridized carbons (Fsp3) is 0.222. The van der Waals surface area contributed by atoms with Crippen LogP contribution < -0.4 is 16.6 Å². The molecule has 3 aromatic rings. The van der Waals surface area contributed by atoms with Crippen LogP contribution in [0.25, 0.3) is 10.9 Å². The molecule has 23 heavy (non-hydrogen) atoms. The third kappa shape index (κ3) is 3.18. The molecular formula is C18H20N4O. The minimum absolute atomic E-state index is 0.0488. The summed E-state index contributed by atoms with van der Waals surface area (Å²) in [6.45, 7) is 2.06. The number of anilines is 2. The van der Waals surface area contributed by atoms with Crippen molar-refractivity contribution >= 4 is 22.4 Å². The van der Waals surface area contributed by atoms with Gasteiger partial charge in [-0.2, -0.15) is 0 Å². The lowest BCUT2D eigenvalue weighted by Crippen LogP contribution is -2.13. The van der Waals surface area contributed by atoms with E-state index < -0.39 is 0 Å². The number of fused-ring (bicyclic) bond motifs is 1. The third-order valence-corrected chi connectivity index (χ3v) is 4.10. The first-order chi connectivity index (χ1) is 11.1. The summed E-state index contributed by atoms with van der Waals surface area (Å²) in [7, 11) is 1.80. The van der Waals surface area contributed by atoms with Crippen LogP contribution in [0.2, 0.25) is 0 Å².